The van der Waals surface area contributed by atoms with E-state index in [1.165, 1.54) is 45.1 Å². The average molecular weight is 363 g/mol. The maximum absolute atomic E-state index is 12.4. The molecular formula is C20H29NO5. The Kier molecular flexibility index (Phi) is 7.00. The monoisotopic (exact) mass is 363 g/mol. The molecule has 3 atom stereocenters. The lowest BCUT2D eigenvalue weighted by Crippen LogP contribution is -2.30. The first-order valence-electron chi connectivity index (χ1n) is 9.30. The summed E-state index contributed by atoms with van der Waals surface area (Å²) in [5.74, 6) is -0.615. The minimum absolute atomic E-state index is 0.0723. The van der Waals surface area contributed by atoms with Gasteiger partial charge in [-0.25, -0.2) is 4.98 Å². The third kappa shape index (κ3) is 4.74. The Balaban J connectivity index is 1.93. The quantitative estimate of drug-likeness (QED) is 0.559. The first kappa shape index (κ1) is 20.2. The van der Waals surface area contributed by atoms with Gasteiger partial charge in [-0.3, -0.25) is 9.59 Å². The highest BCUT2D eigenvalue weighted by molar-refractivity contribution is 5.99. The number of Topliss-reactive ketones (excluding diaryl/α,β-unsaturated/α-hetero) is 1. The fourth-order valence-corrected chi connectivity index (χ4v) is 3.54. The molecule has 0 unspecified atom stereocenters. The van der Waals surface area contributed by atoms with Crippen LogP contribution in [0.15, 0.2) is 12.3 Å². The second-order valence-corrected chi connectivity index (χ2v) is 7.28. The number of ketones is 1. The Morgan fingerprint density at radius 1 is 1.27 bits per heavy atom. The van der Waals surface area contributed by atoms with Crippen molar-refractivity contribution in [2.24, 2.45) is 17.8 Å². The lowest BCUT2D eigenvalue weighted by Gasteiger charge is -2.26. The van der Waals surface area contributed by atoms with Gasteiger partial charge in [-0.15, -0.1) is 0 Å². The van der Waals surface area contributed by atoms with Crippen molar-refractivity contribution in [2.75, 3.05) is 7.11 Å². The number of carbonyl (C=O) groups is 2. The molecular weight excluding hydrogens is 334 g/mol. The van der Waals surface area contributed by atoms with E-state index in [1.54, 1.807) is 6.92 Å². The Morgan fingerprint density at radius 3 is 2.54 bits per heavy atom. The van der Waals surface area contributed by atoms with Crippen molar-refractivity contribution < 1.29 is 24.2 Å². The number of nitrogens with zero attached hydrogens (tertiary/aromatic N) is 1. The van der Waals surface area contributed by atoms with Crippen molar-refractivity contribution in [3.05, 3.63) is 18.0 Å². The maximum atomic E-state index is 12.4. The maximum Gasteiger partial charge on any atom is 0.309 e. The van der Waals surface area contributed by atoms with Crippen molar-refractivity contribution in [3.8, 4) is 11.5 Å². The highest BCUT2D eigenvalue weighted by atomic mass is 16.5. The van der Waals surface area contributed by atoms with Gasteiger partial charge in [-0.1, -0.05) is 39.5 Å². The van der Waals surface area contributed by atoms with E-state index in [1.807, 2.05) is 6.92 Å². The topological polar surface area (TPSA) is 85.7 Å². The van der Waals surface area contributed by atoms with E-state index in [2.05, 4.69) is 11.9 Å². The molecule has 0 bridgehead atoms. The molecule has 2 rings (SSSR count). The summed E-state index contributed by atoms with van der Waals surface area (Å²) < 4.78 is 10.6. The van der Waals surface area contributed by atoms with Gasteiger partial charge < -0.3 is 14.6 Å². The fourth-order valence-electron chi connectivity index (χ4n) is 3.54. The summed E-state index contributed by atoms with van der Waals surface area (Å²) in [4.78, 5) is 28.7. The van der Waals surface area contributed by atoms with Gasteiger partial charge in [0.25, 0.3) is 0 Å². The molecule has 1 aromatic heterocycles. The van der Waals surface area contributed by atoms with Gasteiger partial charge in [0, 0.05) is 18.7 Å². The van der Waals surface area contributed by atoms with Crippen LogP contribution in [-0.4, -0.2) is 35.1 Å². The number of ether oxygens (including phenoxy) is 2. The number of carbonyl (C=O) groups excluding carboxylic acids is 2. The lowest BCUT2D eigenvalue weighted by molar-refractivity contribution is -0.155. The zero-order valence-corrected chi connectivity index (χ0v) is 16.0. The van der Waals surface area contributed by atoms with Crippen LogP contribution >= 0.6 is 0 Å². The molecule has 6 heteroatoms. The van der Waals surface area contributed by atoms with Crippen molar-refractivity contribution >= 4 is 11.8 Å². The van der Waals surface area contributed by atoms with Crippen LogP contribution in [0.25, 0.3) is 0 Å². The van der Waals surface area contributed by atoms with Crippen LogP contribution in [0.4, 0.5) is 0 Å². The number of esters is 1. The van der Waals surface area contributed by atoms with E-state index < -0.39 is 17.7 Å². The minimum atomic E-state index is -0.604. The van der Waals surface area contributed by atoms with Crippen molar-refractivity contribution in [1.29, 1.82) is 0 Å². The molecule has 0 aromatic carbocycles. The third-order valence-electron chi connectivity index (χ3n) is 5.45. The predicted molar refractivity (Wildman–Crippen MR) is 97.2 cm³/mol. The van der Waals surface area contributed by atoms with Crippen molar-refractivity contribution in [1.82, 2.24) is 4.98 Å². The number of pyridine rings is 1. The van der Waals surface area contributed by atoms with Crippen LogP contribution in [0.3, 0.4) is 0 Å². The molecule has 0 aliphatic heterocycles. The zero-order valence-electron chi connectivity index (χ0n) is 16.0. The highest BCUT2D eigenvalue weighted by Crippen LogP contribution is 2.34. The molecule has 1 saturated carbocycles. The van der Waals surface area contributed by atoms with Gasteiger partial charge in [0.15, 0.2) is 23.0 Å². The average Bonchev–Trinajstić information content (AvgIpc) is 3.15. The summed E-state index contributed by atoms with van der Waals surface area (Å²) in [6.45, 7) is 5.71. The summed E-state index contributed by atoms with van der Waals surface area (Å²) in [6, 6.07) is 1.47. The van der Waals surface area contributed by atoms with Gasteiger partial charge in [0.2, 0.25) is 0 Å². The molecule has 1 aliphatic carbocycles. The molecule has 144 valence electrons. The van der Waals surface area contributed by atoms with Crippen LogP contribution in [0.5, 0.6) is 11.5 Å². The Morgan fingerprint density at radius 2 is 1.92 bits per heavy atom. The smallest absolute Gasteiger partial charge is 0.309 e. The van der Waals surface area contributed by atoms with E-state index >= 15 is 0 Å². The van der Waals surface area contributed by atoms with E-state index in [9.17, 15) is 14.7 Å². The number of hydrogen-bond donors (Lipinski definition) is 1. The molecule has 0 spiro atoms. The number of rotatable bonds is 8. The molecule has 0 amide bonds. The number of hydrogen-bond acceptors (Lipinski definition) is 6. The predicted octanol–water partition coefficient (Wildman–Crippen LogP) is 3.76. The molecule has 26 heavy (non-hydrogen) atoms. The molecule has 1 aliphatic rings. The summed E-state index contributed by atoms with van der Waals surface area (Å²) >= 11 is 0. The van der Waals surface area contributed by atoms with E-state index in [-0.39, 0.29) is 29.7 Å². The standard InChI is InChI=1S/C20H29NO5/c1-12(11-16(22)18-19(23)17(25-4)9-10-21-18)20(24)26-14(3)13(2)15-7-5-6-8-15/h9-10,12-15,23H,5-8,11H2,1-4H3/t12-,13+,14-/m1/s1. The minimum Gasteiger partial charge on any atom is -0.503 e. The first-order chi connectivity index (χ1) is 12.3. The van der Waals surface area contributed by atoms with E-state index in [0.29, 0.717) is 11.8 Å². The fraction of sp³-hybridized carbons (Fsp3) is 0.650. The summed E-state index contributed by atoms with van der Waals surface area (Å²) in [7, 11) is 1.40. The summed E-state index contributed by atoms with van der Waals surface area (Å²) in [5, 5.41) is 10.0. The Labute approximate surface area is 154 Å². The van der Waals surface area contributed by atoms with Gasteiger partial charge in [-0.05, 0) is 18.8 Å². The molecule has 0 saturated heterocycles. The molecule has 1 aromatic rings. The molecule has 1 heterocycles. The number of aromatic nitrogens is 1. The van der Waals surface area contributed by atoms with Gasteiger partial charge in [0.05, 0.1) is 13.0 Å². The van der Waals surface area contributed by atoms with Crippen LogP contribution in [0, 0.1) is 17.8 Å². The van der Waals surface area contributed by atoms with Crippen LogP contribution in [0.1, 0.15) is 63.4 Å². The molecule has 6 nitrogen and oxygen atoms in total. The van der Waals surface area contributed by atoms with Crippen molar-refractivity contribution in [2.45, 2.75) is 59.0 Å². The van der Waals surface area contributed by atoms with Gasteiger partial charge in [-0.2, -0.15) is 0 Å². The largest absolute Gasteiger partial charge is 0.503 e. The number of aromatic hydroxyl groups is 1. The molecule has 0 radical (unpaired) electrons. The Bertz CT molecular complexity index is 639. The molecule has 1 fully saturated rings. The first-order valence-corrected chi connectivity index (χ1v) is 9.30. The number of methoxy groups -OCH3 is 1. The normalized spacial score (nSPS) is 18.2. The molecule has 1 N–H and O–H groups in total. The van der Waals surface area contributed by atoms with E-state index in [0.717, 1.165) is 0 Å². The summed E-state index contributed by atoms with van der Waals surface area (Å²) in [5.41, 5.74) is -0.0867. The second kappa shape index (κ2) is 9.01. The van der Waals surface area contributed by atoms with Crippen molar-refractivity contribution in [3.63, 3.8) is 0 Å². The van der Waals surface area contributed by atoms with Gasteiger partial charge in [0.1, 0.15) is 6.10 Å². The van der Waals surface area contributed by atoms with Crippen LogP contribution in [0.2, 0.25) is 0 Å². The SMILES string of the molecule is COc1ccnc(C(=O)C[C@@H](C)C(=O)O[C@H](C)[C@H](C)C2CCCC2)c1O. The van der Waals surface area contributed by atoms with Crippen LogP contribution in [-0.2, 0) is 9.53 Å². The van der Waals surface area contributed by atoms with Gasteiger partial charge >= 0.3 is 5.97 Å². The lowest BCUT2D eigenvalue weighted by atomic mass is 9.88. The third-order valence-corrected chi connectivity index (χ3v) is 5.45. The highest BCUT2D eigenvalue weighted by Gasteiger charge is 2.30. The van der Waals surface area contributed by atoms with E-state index in [4.69, 9.17) is 9.47 Å². The Hall–Kier alpha value is -2.11. The van der Waals surface area contributed by atoms with Crippen LogP contribution < -0.4 is 4.74 Å². The summed E-state index contributed by atoms with van der Waals surface area (Å²) in [6.07, 6.45) is 6.02. The second-order valence-electron chi connectivity index (χ2n) is 7.28. The zero-order chi connectivity index (χ0) is 19.3.